The molecule has 0 spiro atoms. The SMILES string of the molecule is Cc1cccc2cc3c(cc12)C1=NC3=Nc2c3cc4c(S(=O)(=O)O)cccc4cc3c3[n]2[Ga]([CH3])[n]2c(c4cc5cccc(S(=O)(=O)O)c5cc4c2=NC2=NC(=N3)c3cc4c(S(=O)(=O)O)cccc4cc32)=N1. The molecule has 0 atom stereocenters. The number of rotatable bonds is 3. The molecule has 0 amide bonds. The first-order valence-corrected chi connectivity index (χ1v) is 30.8. The fraction of sp³-hybridized carbons (Fsp3) is 0.0400. The molecule has 0 saturated heterocycles. The topological polar surface area (TPSA) is 247 Å². The number of nitrogens with zero attached hydrogens (tertiary/aromatic N) is 8. The van der Waals surface area contributed by atoms with Crippen LogP contribution in [0.25, 0.3) is 64.6 Å². The summed E-state index contributed by atoms with van der Waals surface area (Å²) in [7, 11) is -14.2. The van der Waals surface area contributed by atoms with Crippen LogP contribution in [0.3, 0.4) is 0 Å². The van der Waals surface area contributed by atoms with Crippen LogP contribution in [0.4, 0.5) is 11.6 Å². The molecular weight excluding hydrogens is 1020 g/mol. The van der Waals surface area contributed by atoms with Crippen molar-refractivity contribution in [3.63, 3.8) is 0 Å². The number of hydrogen-bond acceptors (Lipinski definition) is 12. The number of aromatic nitrogens is 2. The van der Waals surface area contributed by atoms with Crippen LogP contribution in [0, 0.1) is 6.92 Å². The Morgan fingerprint density at radius 2 is 0.761 bits per heavy atom. The molecule has 3 N–H and O–H groups in total. The van der Waals surface area contributed by atoms with E-state index in [4.69, 9.17) is 30.0 Å². The number of fused-ring (bicyclic) bond motifs is 18. The summed E-state index contributed by atoms with van der Waals surface area (Å²) in [4.78, 5) is 30.8. The van der Waals surface area contributed by atoms with Gasteiger partial charge in [-0.3, -0.25) is 0 Å². The van der Waals surface area contributed by atoms with Crippen molar-refractivity contribution in [1.29, 1.82) is 0 Å². The van der Waals surface area contributed by atoms with Crippen molar-refractivity contribution in [1.82, 2.24) is 6.55 Å². The Morgan fingerprint density at radius 1 is 0.394 bits per heavy atom. The van der Waals surface area contributed by atoms with Crippen molar-refractivity contribution < 1.29 is 38.9 Å². The van der Waals surface area contributed by atoms with Gasteiger partial charge in [0.05, 0.1) is 0 Å². The Kier molecular flexibility index (Phi) is 8.43. The minimum atomic E-state index is -4.73. The zero-order valence-corrected chi connectivity index (χ0v) is 41.6. The summed E-state index contributed by atoms with van der Waals surface area (Å²) in [5, 5.41) is 6.02. The Labute approximate surface area is 406 Å². The van der Waals surface area contributed by atoms with E-state index in [2.05, 4.69) is 5.48 Å². The van der Waals surface area contributed by atoms with Gasteiger partial charge in [-0.05, 0) is 0 Å². The normalized spacial score (nSPS) is 15.1. The number of hydrogen-bond donors (Lipinski definition) is 3. The summed E-state index contributed by atoms with van der Waals surface area (Å²) in [5.74, 6) is 1.72. The summed E-state index contributed by atoms with van der Waals surface area (Å²) in [5.41, 5.74) is 6.11. The molecular formula is C50H29GaN8O9S3. The van der Waals surface area contributed by atoms with Crippen LogP contribution in [0.5, 0.6) is 0 Å². The number of aryl methyl sites for hydroxylation is 1. The third-order valence-electron chi connectivity index (χ3n) is 13.9. The van der Waals surface area contributed by atoms with Crippen LogP contribution in [-0.2, 0) is 30.4 Å². The molecule has 0 radical (unpaired) electrons. The summed E-state index contributed by atoms with van der Waals surface area (Å²) < 4.78 is 113. The van der Waals surface area contributed by atoms with Gasteiger partial charge in [0.1, 0.15) is 0 Å². The van der Waals surface area contributed by atoms with Gasteiger partial charge in [-0.1, -0.05) is 0 Å². The third-order valence-corrected chi connectivity index (χ3v) is 21.8. The van der Waals surface area contributed by atoms with Crippen molar-refractivity contribution >= 4 is 147 Å². The second-order valence-electron chi connectivity index (χ2n) is 17.9. The molecule has 10 aromatic rings. The molecule has 4 aliphatic heterocycles. The van der Waals surface area contributed by atoms with Crippen molar-refractivity contribution in [2.75, 3.05) is 0 Å². The van der Waals surface area contributed by atoms with E-state index in [1.165, 1.54) is 30.3 Å². The van der Waals surface area contributed by atoms with E-state index >= 15 is 0 Å². The monoisotopic (exact) mass is 1050 g/mol. The molecule has 2 aromatic heterocycles. The molecule has 21 heteroatoms. The third kappa shape index (κ3) is 6.05. The fourth-order valence-corrected chi connectivity index (χ4v) is 17.9. The molecule has 0 unspecified atom stereocenters. The zero-order valence-electron chi connectivity index (χ0n) is 36.7. The molecule has 8 aromatic carbocycles. The molecule has 71 heavy (non-hydrogen) atoms. The molecule has 6 heterocycles. The molecule has 14 rings (SSSR count). The molecule has 344 valence electrons. The van der Waals surface area contributed by atoms with E-state index in [-0.39, 0.29) is 42.5 Å². The standard InChI is InChI=1S/C49H26N8O9S3.CH3.Ga/c1-22-6-2-7-23-14-31-35(18-27(22)23)46-50-42(31)52-47-37-20-29-25(9-4-12-40(29)68(61,62)63)16-33(37)44(54-47)56-49-38-21-30-26(10-5-13-41(30)69(64,65)66)17-34(38)45(57-49)55-48-36-19-28-24(15-32(36)43(51-46)53-48)8-3-11-39(28)67(58,59)60;;/h2-21H,1H3,(H3-2,50,51,52,53,54,55,56,57,58,59,60,61,62,63,64,65,66);1H3;/q-2;;+2. The van der Waals surface area contributed by atoms with Crippen LogP contribution >= 0.6 is 0 Å². The summed E-state index contributed by atoms with van der Waals surface area (Å²) in [6.45, 7) is 2.02. The molecule has 6 bridgehead atoms. The van der Waals surface area contributed by atoms with Crippen molar-refractivity contribution in [2.45, 2.75) is 27.1 Å². The average molecular weight is 1050 g/mol. The van der Waals surface area contributed by atoms with Gasteiger partial charge in [-0.25, -0.2) is 0 Å². The van der Waals surface area contributed by atoms with Gasteiger partial charge in [-0.15, -0.1) is 0 Å². The number of benzene rings is 8. The quantitative estimate of drug-likeness (QED) is 0.116. The van der Waals surface area contributed by atoms with Gasteiger partial charge >= 0.3 is 409 Å². The van der Waals surface area contributed by atoms with Gasteiger partial charge in [0, 0.05) is 0 Å². The summed E-state index contributed by atoms with van der Waals surface area (Å²) >= 11 is -3.73. The van der Waals surface area contributed by atoms with Gasteiger partial charge < -0.3 is 0 Å². The first-order valence-electron chi connectivity index (χ1n) is 21.9. The van der Waals surface area contributed by atoms with Crippen LogP contribution in [0.1, 0.15) is 27.8 Å². The van der Waals surface area contributed by atoms with Crippen LogP contribution in [0.2, 0.25) is 5.48 Å². The van der Waals surface area contributed by atoms with Crippen LogP contribution in [-0.4, -0.2) is 85.5 Å². The first kappa shape index (κ1) is 42.4. The van der Waals surface area contributed by atoms with Crippen molar-refractivity contribution in [3.05, 3.63) is 160 Å². The van der Waals surface area contributed by atoms with E-state index in [9.17, 15) is 38.9 Å². The van der Waals surface area contributed by atoms with Gasteiger partial charge in [0.15, 0.2) is 0 Å². The maximum absolute atomic E-state index is 13.0. The Bertz CT molecular complexity index is 4950. The van der Waals surface area contributed by atoms with Crippen LogP contribution in [0.15, 0.2) is 166 Å². The van der Waals surface area contributed by atoms with Gasteiger partial charge in [-0.2, -0.15) is 0 Å². The number of amidine groups is 4. The van der Waals surface area contributed by atoms with E-state index in [0.717, 1.165) is 16.3 Å². The van der Waals surface area contributed by atoms with Crippen molar-refractivity contribution in [3.8, 4) is 0 Å². The van der Waals surface area contributed by atoms with Crippen LogP contribution < -0.4 is 11.0 Å². The summed E-state index contributed by atoms with van der Waals surface area (Å²) in [6, 6.07) is 34.1. The second-order valence-corrected chi connectivity index (χ2v) is 26.9. The van der Waals surface area contributed by atoms with E-state index in [1.54, 1.807) is 54.6 Å². The zero-order chi connectivity index (χ0) is 48.8. The molecule has 17 nitrogen and oxygen atoms in total. The van der Waals surface area contributed by atoms with Gasteiger partial charge in [0.25, 0.3) is 0 Å². The predicted molar refractivity (Wildman–Crippen MR) is 271 cm³/mol. The maximum atomic E-state index is 13.0. The predicted octanol–water partition coefficient (Wildman–Crippen LogP) is 7.72. The fourth-order valence-electron chi connectivity index (χ4n) is 10.7. The Hall–Kier alpha value is -7.47. The van der Waals surface area contributed by atoms with Gasteiger partial charge in [0.2, 0.25) is 0 Å². The average Bonchev–Trinajstić information content (AvgIpc) is 4.01. The van der Waals surface area contributed by atoms with Crippen molar-refractivity contribution in [2.24, 2.45) is 30.0 Å². The van der Waals surface area contributed by atoms with E-state index in [0.29, 0.717) is 94.2 Å². The summed E-state index contributed by atoms with van der Waals surface area (Å²) in [6.07, 6.45) is 0. The molecule has 0 saturated carbocycles. The Balaban J connectivity index is 1.23. The molecule has 0 aliphatic carbocycles. The first-order chi connectivity index (χ1) is 33.9. The number of aliphatic imine (C=N–C) groups is 4. The minimum absolute atomic E-state index is 0.140. The second kappa shape index (κ2) is 14.1. The Morgan fingerprint density at radius 3 is 1.27 bits per heavy atom. The van der Waals surface area contributed by atoms with E-state index < -0.39 is 47.1 Å². The van der Waals surface area contributed by atoms with E-state index in [1.807, 2.05) is 49.9 Å². The molecule has 0 fully saturated rings. The molecule has 4 aliphatic rings.